The van der Waals surface area contributed by atoms with Crippen molar-refractivity contribution >= 4 is 16.9 Å². The van der Waals surface area contributed by atoms with Crippen LogP contribution in [0.15, 0.2) is 43.0 Å². The largest absolute Gasteiger partial charge is 0.465 e. The molecule has 0 bridgehead atoms. The van der Waals surface area contributed by atoms with Crippen molar-refractivity contribution in [2.24, 2.45) is 5.41 Å². The molecule has 2 aromatic rings. The van der Waals surface area contributed by atoms with E-state index in [1.807, 2.05) is 51.1 Å². The van der Waals surface area contributed by atoms with E-state index in [0.717, 1.165) is 22.2 Å². The number of aromatic nitrogens is 1. The van der Waals surface area contributed by atoms with Gasteiger partial charge in [0.2, 0.25) is 0 Å². The minimum absolute atomic E-state index is 0.237. The standard InChI is InChI=1S/C18H21NO2/c1-5-18(4,17(20)21-6-2)12-14-11-13(3)19-16-10-8-7-9-15(14)16/h5,7-11H,1,6,12H2,2-4H3. The van der Waals surface area contributed by atoms with Gasteiger partial charge in [-0.05, 0) is 44.9 Å². The number of pyridine rings is 1. The summed E-state index contributed by atoms with van der Waals surface area (Å²) in [4.78, 5) is 16.7. The lowest BCUT2D eigenvalue weighted by molar-refractivity contribution is -0.151. The molecule has 110 valence electrons. The van der Waals surface area contributed by atoms with Crippen LogP contribution in [0.4, 0.5) is 0 Å². The van der Waals surface area contributed by atoms with Gasteiger partial charge in [0.05, 0.1) is 17.5 Å². The first-order valence-electron chi connectivity index (χ1n) is 7.16. The monoisotopic (exact) mass is 283 g/mol. The van der Waals surface area contributed by atoms with Crippen molar-refractivity contribution in [3.8, 4) is 0 Å². The summed E-state index contributed by atoms with van der Waals surface area (Å²) in [5.74, 6) is -0.237. The number of rotatable bonds is 5. The Kier molecular flexibility index (Phi) is 4.41. The quantitative estimate of drug-likeness (QED) is 0.618. The van der Waals surface area contributed by atoms with E-state index in [1.165, 1.54) is 0 Å². The molecule has 1 unspecified atom stereocenters. The van der Waals surface area contributed by atoms with Crippen LogP contribution in [0.1, 0.15) is 25.1 Å². The van der Waals surface area contributed by atoms with Crippen LogP contribution in [-0.4, -0.2) is 17.6 Å². The zero-order chi connectivity index (χ0) is 15.5. The van der Waals surface area contributed by atoms with Crippen LogP contribution in [0.25, 0.3) is 10.9 Å². The maximum absolute atomic E-state index is 12.2. The van der Waals surface area contributed by atoms with E-state index < -0.39 is 5.41 Å². The summed E-state index contributed by atoms with van der Waals surface area (Å²) in [5.41, 5.74) is 2.25. The number of para-hydroxylation sites is 1. The van der Waals surface area contributed by atoms with Gasteiger partial charge in [-0.1, -0.05) is 24.3 Å². The van der Waals surface area contributed by atoms with Gasteiger partial charge in [-0.3, -0.25) is 9.78 Å². The Morgan fingerprint density at radius 1 is 1.43 bits per heavy atom. The summed E-state index contributed by atoms with van der Waals surface area (Å²) in [6.07, 6.45) is 2.23. The van der Waals surface area contributed by atoms with E-state index in [9.17, 15) is 4.79 Å². The lowest BCUT2D eigenvalue weighted by atomic mass is 9.82. The molecule has 0 saturated carbocycles. The molecule has 1 heterocycles. The summed E-state index contributed by atoms with van der Waals surface area (Å²) in [6.45, 7) is 9.83. The van der Waals surface area contributed by atoms with Gasteiger partial charge in [-0.15, -0.1) is 6.58 Å². The van der Waals surface area contributed by atoms with Crippen molar-refractivity contribution in [3.05, 3.63) is 54.2 Å². The molecule has 0 spiro atoms. The average molecular weight is 283 g/mol. The third-order valence-corrected chi connectivity index (χ3v) is 3.68. The molecule has 3 nitrogen and oxygen atoms in total. The lowest BCUT2D eigenvalue weighted by Crippen LogP contribution is -2.30. The van der Waals surface area contributed by atoms with Crippen LogP contribution in [0, 0.1) is 12.3 Å². The summed E-state index contributed by atoms with van der Waals surface area (Å²) < 4.78 is 5.19. The normalized spacial score (nSPS) is 13.7. The van der Waals surface area contributed by atoms with Crippen molar-refractivity contribution in [1.29, 1.82) is 0 Å². The predicted octanol–water partition coefficient (Wildman–Crippen LogP) is 3.84. The summed E-state index contributed by atoms with van der Waals surface area (Å²) in [5, 5.41) is 1.07. The van der Waals surface area contributed by atoms with Gasteiger partial charge in [0.1, 0.15) is 0 Å². The number of carbonyl (C=O) groups is 1. The lowest BCUT2D eigenvalue weighted by Gasteiger charge is -2.24. The van der Waals surface area contributed by atoms with Crippen molar-refractivity contribution in [1.82, 2.24) is 4.98 Å². The molecule has 0 aliphatic heterocycles. The molecule has 0 aliphatic carbocycles. The van der Waals surface area contributed by atoms with Crippen LogP contribution < -0.4 is 0 Å². The third-order valence-electron chi connectivity index (χ3n) is 3.68. The number of aryl methyl sites for hydroxylation is 1. The first-order chi connectivity index (χ1) is 10.00. The second-order valence-electron chi connectivity index (χ2n) is 5.46. The van der Waals surface area contributed by atoms with Crippen LogP contribution in [0.3, 0.4) is 0 Å². The zero-order valence-electron chi connectivity index (χ0n) is 12.8. The molecule has 0 fully saturated rings. The van der Waals surface area contributed by atoms with E-state index >= 15 is 0 Å². The van der Waals surface area contributed by atoms with Gasteiger partial charge < -0.3 is 4.74 Å². The number of carbonyl (C=O) groups excluding carboxylic acids is 1. The number of ether oxygens (including phenoxy) is 1. The van der Waals surface area contributed by atoms with Gasteiger partial charge in [-0.2, -0.15) is 0 Å². The number of benzene rings is 1. The molecule has 0 radical (unpaired) electrons. The Bertz CT molecular complexity index is 678. The molecular formula is C18H21NO2. The number of esters is 1. The molecule has 0 amide bonds. The minimum atomic E-state index is -0.730. The van der Waals surface area contributed by atoms with Gasteiger partial charge in [0, 0.05) is 11.1 Å². The Balaban J connectivity index is 2.46. The summed E-state index contributed by atoms with van der Waals surface area (Å²) in [7, 11) is 0. The van der Waals surface area contributed by atoms with Crippen LogP contribution in [-0.2, 0) is 16.0 Å². The summed E-state index contributed by atoms with van der Waals surface area (Å²) in [6, 6.07) is 10.0. The van der Waals surface area contributed by atoms with E-state index in [2.05, 4.69) is 11.6 Å². The highest BCUT2D eigenvalue weighted by molar-refractivity contribution is 5.84. The van der Waals surface area contributed by atoms with E-state index in [0.29, 0.717) is 13.0 Å². The molecule has 3 heteroatoms. The van der Waals surface area contributed by atoms with Crippen molar-refractivity contribution in [2.75, 3.05) is 6.61 Å². The first kappa shape index (κ1) is 15.2. The molecule has 1 atom stereocenters. The Morgan fingerprint density at radius 3 is 2.81 bits per heavy atom. The zero-order valence-corrected chi connectivity index (χ0v) is 12.8. The molecule has 0 N–H and O–H groups in total. The van der Waals surface area contributed by atoms with Gasteiger partial charge >= 0.3 is 5.97 Å². The van der Waals surface area contributed by atoms with Gasteiger partial charge in [0.15, 0.2) is 0 Å². The average Bonchev–Trinajstić information content (AvgIpc) is 2.47. The smallest absolute Gasteiger partial charge is 0.315 e. The van der Waals surface area contributed by atoms with E-state index in [4.69, 9.17) is 4.74 Å². The number of hydrogen-bond donors (Lipinski definition) is 0. The maximum atomic E-state index is 12.2. The fraction of sp³-hybridized carbons (Fsp3) is 0.333. The molecule has 0 saturated heterocycles. The Hall–Kier alpha value is -2.16. The first-order valence-corrected chi connectivity index (χ1v) is 7.16. The highest BCUT2D eigenvalue weighted by Gasteiger charge is 2.32. The second kappa shape index (κ2) is 6.08. The molecule has 2 rings (SSSR count). The van der Waals surface area contributed by atoms with Crippen LogP contribution in [0.5, 0.6) is 0 Å². The van der Waals surface area contributed by atoms with Crippen molar-refractivity contribution < 1.29 is 9.53 Å². The fourth-order valence-electron chi connectivity index (χ4n) is 2.46. The molecule has 0 aliphatic rings. The molecular weight excluding hydrogens is 262 g/mol. The highest BCUT2D eigenvalue weighted by atomic mass is 16.5. The van der Waals surface area contributed by atoms with Gasteiger partial charge in [-0.25, -0.2) is 0 Å². The third kappa shape index (κ3) is 3.13. The number of nitrogens with zero attached hydrogens (tertiary/aromatic N) is 1. The molecule has 1 aromatic heterocycles. The fourth-order valence-corrected chi connectivity index (χ4v) is 2.46. The topological polar surface area (TPSA) is 39.2 Å². The van der Waals surface area contributed by atoms with Crippen molar-refractivity contribution in [2.45, 2.75) is 27.2 Å². The molecule has 1 aromatic carbocycles. The van der Waals surface area contributed by atoms with Crippen LogP contribution >= 0.6 is 0 Å². The number of hydrogen-bond acceptors (Lipinski definition) is 3. The van der Waals surface area contributed by atoms with Crippen molar-refractivity contribution in [3.63, 3.8) is 0 Å². The minimum Gasteiger partial charge on any atom is -0.465 e. The SMILES string of the molecule is C=CC(C)(Cc1cc(C)nc2ccccc12)C(=O)OCC. The van der Waals surface area contributed by atoms with E-state index in [-0.39, 0.29) is 5.97 Å². The number of fused-ring (bicyclic) bond motifs is 1. The highest BCUT2D eigenvalue weighted by Crippen LogP contribution is 2.29. The Morgan fingerprint density at radius 2 is 2.14 bits per heavy atom. The van der Waals surface area contributed by atoms with Gasteiger partial charge in [0.25, 0.3) is 0 Å². The Labute approximate surface area is 125 Å². The second-order valence-corrected chi connectivity index (χ2v) is 5.46. The molecule has 21 heavy (non-hydrogen) atoms. The van der Waals surface area contributed by atoms with Crippen LogP contribution in [0.2, 0.25) is 0 Å². The summed E-state index contributed by atoms with van der Waals surface area (Å²) >= 11 is 0. The van der Waals surface area contributed by atoms with E-state index in [1.54, 1.807) is 6.08 Å². The maximum Gasteiger partial charge on any atom is 0.315 e. The predicted molar refractivity (Wildman–Crippen MR) is 85.1 cm³/mol.